The monoisotopic (exact) mass is 391 g/mol. The average Bonchev–Trinajstić information content (AvgIpc) is 2.51. The zero-order chi connectivity index (χ0) is 19.3. The Hall–Kier alpha value is -1.96. The fraction of sp³-hybridized carbons (Fsp3) is 0.412. The van der Waals surface area contributed by atoms with Gasteiger partial charge in [0.2, 0.25) is 0 Å². The molecule has 0 aliphatic heterocycles. The summed E-state index contributed by atoms with van der Waals surface area (Å²) in [5.41, 5.74) is -0.290. The molecule has 1 atom stereocenters. The SMILES string of the molecule is Cc1cc(C(F)(F)F)cn(C)/c1=N\C1CCC(F)(F)c2c1ccnc2Cl. The Kier molecular flexibility index (Phi) is 4.58. The number of nitrogens with zero attached hydrogens (tertiary/aromatic N) is 3. The van der Waals surface area contributed by atoms with E-state index in [0.29, 0.717) is 11.1 Å². The van der Waals surface area contributed by atoms with E-state index in [-0.39, 0.29) is 22.7 Å². The van der Waals surface area contributed by atoms with Crippen molar-refractivity contribution in [1.29, 1.82) is 0 Å². The molecule has 0 saturated carbocycles. The molecular weight excluding hydrogens is 377 g/mol. The first-order valence-electron chi connectivity index (χ1n) is 7.82. The minimum atomic E-state index is -4.47. The predicted molar refractivity (Wildman–Crippen MR) is 85.8 cm³/mol. The van der Waals surface area contributed by atoms with Crippen LogP contribution in [0, 0.1) is 6.92 Å². The first-order chi connectivity index (χ1) is 12.0. The van der Waals surface area contributed by atoms with Gasteiger partial charge >= 0.3 is 6.18 Å². The van der Waals surface area contributed by atoms with Gasteiger partial charge < -0.3 is 4.57 Å². The molecular formula is C17H15ClF5N3. The molecule has 3 rings (SSSR count). The summed E-state index contributed by atoms with van der Waals surface area (Å²) in [6.07, 6.45) is -2.61. The molecule has 3 nitrogen and oxygen atoms in total. The van der Waals surface area contributed by atoms with Crippen molar-refractivity contribution in [1.82, 2.24) is 9.55 Å². The maximum Gasteiger partial charge on any atom is 0.417 e. The molecule has 2 aromatic rings. The number of alkyl halides is 5. The Morgan fingerprint density at radius 1 is 1.35 bits per heavy atom. The number of rotatable bonds is 1. The van der Waals surface area contributed by atoms with E-state index in [1.54, 1.807) is 0 Å². The summed E-state index contributed by atoms with van der Waals surface area (Å²) in [6, 6.07) is 1.80. The van der Waals surface area contributed by atoms with Crippen molar-refractivity contribution >= 4 is 11.6 Å². The second kappa shape index (κ2) is 6.33. The number of pyridine rings is 2. The van der Waals surface area contributed by atoms with Crippen LogP contribution in [0.4, 0.5) is 22.0 Å². The standard InChI is InChI=1S/C17H15ClF5N3/c1-9-7-10(17(21,22)23)8-26(2)15(9)25-12-3-5-16(19,20)13-11(12)4-6-24-14(13)18/h4,6-8,12H,3,5H2,1-2H3/b25-15-. The molecule has 140 valence electrons. The molecule has 1 aliphatic carbocycles. The van der Waals surface area contributed by atoms with Crippen LogP contribution in [-0.4, -0.2) is 9.55 Å². The Balaban J connectivity index is 2.14. The Bertz CT molecular complexity index is 891. The lowest BCUT2D eigenvalue weighted by molar-refractivity contribution is -0.138. The van der Waals surface area contributed by atoms with Crippen LogP contribution in [0.15, 0.2) is 29.5 Å². The van der Waals surface area contributed by atoms with Crippen molar-refractivity contribution in [3.63, 3.8) is 0 Å². The Morgan fingerprint density at radius 3 is 2.65 bits per heavy atom. The van der Waals surface area contributed by atoms with E-state index in [0.717, 1.165) is 12.3 Å². The number of aromatic nitrogens is 2. The lowest BCUT2D eigenvalue weighted by Gasteiger charge is -2.29. The number of hydrogen-bond donors (Lipinski definition) is 0. The van der Waals surface area contributed by atoms with Crippen LogP contribution in [0.3, 0.4) is 0 Å². The van der Waals surface area contributed by atoms with E-state index in [1.165, 1.54) is 30.8 Å². The van der Waals surface area contributed by atoms with Crippen molar-refractivity contribution in [2.75, 3.05) is 0 Å². The molecule has 1 unspecified atom stereocenters. The highest BCUT2D eigenvalue weighted by Crippen LogP contribution is 2.47. The van der Waals surface area contributed by atoms with Gasteiger partial charge in [-0.2, -0.15) is 13.2 Å². The van der Waals surface area contributed by atoms with Gasteiger partial charge in [-0.3, -0.25) is 4.99 Å². The zero-order valence-corrected chi connectivity index (χ0v) is 14.7. The van der Waals surface area contributed by atoms with Crippen molar-refractivity contribution in [2.24, 2.45) is 12.0 Å². The van der Waals surface area contributed by atoms with Gasteiger partial charge in [-0.05, 0) is 36.6 Å². The molecule has 0 fully saturated rings. The summed E-state index contributed by atoms with van der Waals surface area (Å²) in [7, 11) is 1.44. The van der Waals surface area contributed by atoms with Crippen LogP contribution in [0.25, 0.3) is 0 Å². The first-order valence-corrected chi connectivity index (χ1v) is 8.19. The summed E-state index contributed by atoms with van der Waals surface area (Å²) in [5, 5.41) is -0.277. The summed E-state index contributed by atoms with van der Waals surface area (Å²) in [4.78, 5) is 8.18. The lowest BCUT2D eigenvalue weighted by atomic mass is 9.86. The topological polar surface area (TPSA) is 30.2 Å². The summed E-state index contributed by atoms with van der Waals surface area (Å²) in [5.74, 6) is -3.11. The van der Waals surface area contributed by atoms with Gasteiger partial charge in [0.1, 0.15) is 10.6 Å². The summed E-state index contributed by atoms with van der Waals surface area (Å²) >= 11 is 5.87. The Labute approximate surface area is 151 Å². The van der Waals surface area contributed by atoms with Crippen LogP contribution in [-0.2, 0) is 19.1 Å². The molecule has 0 bridgehead atoms. The molecule has 0 radical (unpaired) electrons. The maximum absolute atomic E-state index is 14.2. The lowest BCUT2D eigenvalue weighted by Crippen LogP contribution is -2.28. The summed E-state index contributed by atoms with van der Waals surface area (Å²) in [6.45, 7) is 1.51. The highest BCUT2D eigenvalue weighted by Gasteiger charge is 2.42. The highest BCUT2D eigenvalue weighted by atomic mass is 35.5. The first kappa shape index (κ1) is 18.8. The van der Waals surface area contributed by atoms with Gasteiger partial charge in [0.15, 0.2) is 0 Å². The second-order valence-corrected chi connectivity index (χ2v) is 6.66. The fourth-order valence-corrected chi connectivity index (χ4v) is 3.50. The molecule has 0 aromatic carbocycles. The minimum absolute atomic E-state index is 0.0564. The predicted octanol–water partition coefficient (Wildman–Crippen LogP) is 4.93. The van der Waals surface area contributed by atoms with E-state index in [2.05, 4.69) is 9.98 Å². The van der Waals surface area contributed by atoms with E-state index in [4.69, 9.17) is 11.6 Å². The van der Waals surface area contributed by atoms with Crippen LogP contribution < -0.4 is 5.49 Å². The highest BCUT2D eigenvalue weighted by molar-refractivity contribution is 6.30. The van der Waals surface area contributed by atoms with Gasteiger partial charge in [0.25, 0.3) is 5.92 Å². The third-order valence-corrected chi connectivity index (χ3v) is 4.68. The average molecular weight is 392 g/mol. The molecule has 2 aromatic heterocycles. The van der Waals surface area contributed by atoms with Gasteiger partial charge in [-0.1, -0.05) is 11.6 Å². The molecule has 0 spiro atoms. The minimum Gasteiger partial charge on any atom is -0.336 e. The molecule has 0 amide bonds. The van der Waals surface area contributed by atoms with Crippen molar-refractivity contribution < 1.29 is 22.0 Å². The van der Waals surface area contributed by atoms with Crippen molar-refractivity contribution in [3.05, 3.63) is 57.4 Å². The fourth-order valence-electron chi connectivity index (χ4n) is 3.20. The van der Waals surface area contributed by atoms with E-state index in [9.17, 15) is 22.0 Å². The third kappa shape index (κ3) is 3.34. The molecule has 9 heteroatoms. The van der Waals surface area contributed by atoms with Crippen LogP contribution >= 0.6 is 11.6 Å². The van der Waals surface area contributed by atoms with Gasteiger partial charge in [0, 0.05) is 25.9 Å². The van der Waals surface area contributed by atoms with Gasteiger partial charge in [-0.15, -0.1) is 0 Å². The van der Waals surface area contributed by atoms with Crippen LogP contribution in [0.1, 0.15) is 41.1 Å². The molecule has 26 heavy (non-hydrogen) atoms. The molecule has 0 saturated heterocycles. The van der Waals surface area contributed by atoms with Crippen LogP contribution in [0.2, 0.25) is 5.15 Å². The Morgan fingerprint density at radius 2 is 2.04 bits per heavy atom. The maximum atomic E-state index is 14.2. The molecule has 2 heterocycles. The normalized spacial score (nSPS) is 20.2. The van der Waals surface area contributed by atoms with Crippen molar-refractivity contribution in [3.8, 4) is 0 Å². The van der Waals surface area contributed by atoms with Crippen molar-refractivity contribution in [2.45, 2.75) is 37.9 Å². The number of halogens is 6. The zero-order valence-electron chi connectivity index (χ0n) is 13.9. The largest absolute Gasteiger partial charge is 0.417 e. The molecule has 1 aliphatic rings. The quantitative estimate of drug-likeness (QED) is 0.501. The van der Waals surface area contributed by atoms with E-state index in [1.807, 2.05) is 0 Å². The smallest absolute Gasteiger partial charge is 0.336 e. The number of aryl methyl sites for hydroxylation is 2. The van der Waals surface area contributed by atoms with E-state index >= 15 is 0 Å². The number of fused-ring (bicyclic) bond motifs is 1. The number of hydrogen-bond acceptors (Lipinski definition) is 2. The van der Waals surface area contributed by atoms with Crippen LogP contribution in [0.5, 0.6) is 0 Å². The van der Waals surface area contributed by atoms with Gasteiger partial charge in [-0.25, -0.2) is 13.8 Å². The molecule has 0 N–H and O–H groups in total. The second-order valence-electron chi connectivity index (χ2n) is 6.30. The van der Waals surface area contributed by atoms with Gasteiger partial charge in [0.05, 0.1) is 17.2 Å². The third-order valence-electron chi connectivity index (χ3n) is 4.39. The summed E-state index contributed by atoms with van der Waals surface area (Å²) < 4.78 is 68.4. The van der Waals surface area contributed by atoms with E-state index < -0.39 is 30.1 Å².